The summed E-state index contributed by atoms with van der Waals surface area (Å²) in [5, 5.41) is 7.29. The van der Waals surface area contributed by atoms with Gasteiger partial charge in [0.15, 0.2) is 0 Å². The molecular formula is C24H27F2N3O4. The van der Waals surface area contributed by atoms with Gasteiger partial charge in [0.05, 0.1) is 29.4 Å². The van der Waals surface area contributed by atoms with Crippen molar-refractivity contribution in [2.45, 2.75) is 46.1 Å². The fraction of sp³-hybridized carbons (Fsp3) is 0.375. The molecule has 2 heterocycles. The van der Waals surface area contributed by atoms with Crippen molar-refractivity contribution in [3.8, 4) is 5.88 Å². The molecule has 0 bridgehead atoms. The Morgan fingerprint density at radius 1 is 1.09 bits per heavy atom. The van der Waals surface area contributed by atoms with Crippen LogP contribution in [-0.4, -0.2) is 35.1 Å². The van der Waals surface area contributed by atoms with Gasteiger partial charge >= 0.3 is 5.97 Å². The predicted octanol–water partition coefficient (Wildman–Crippen LogP) is 4.27. The van der Waals surface area contributed by atoms with E-state index in [1.54, 1.807) is 13.0 Å². The first kappa shape index (κ1) is 24.2. The van der Waals surface area contributed by atoms with E-state index in [4.69, 9.17) is 4.74 Å². The highest BCUT2D eigenvalue weighted by Crippen LogP contribution is 2.25. The van der Waals surface area contributed by atoms with Crippen LogP contribution in [0.2, 0.25) is 0 Å². The minimum atomic E-state index is -0.692. The highest BCUT2D eigenvalue weighted by atomic mass is 19.1. The second-order valence-corrected chi connectivity index (χ2v) is 7.76. The molecule has 9 heteroatoms. The zero-order valence-corrected chi connectivity index (χ0v) is 18.9. The predicted molar refractivity (Wildman–Crippen MR) is 118 cm³/mol. The normalized spacial score (nSPS) is 10.9. The number of unbranched alkanes of at least 4 members (excludes halogenated alkanes) is 2. The van der Waals surface area contributed by atoms with E-state index in [-0.39, 0.29) is 29.9 Å². The number of ether oxygens (including phenoxy) is 2. The molecule has 3 rings (SSSR count). The summed E-state index contributed by atoms with van der Waals surface area (Å²) in [5.41, 5.74) is 2.09. The maximum atomic E-state index is 14.0. The topological polar surface area (TPSA) is 81.9 Å². The van der Waals surface area contributed by atoms with E-state index in [9.17, 15) is 18.4 Å². The summed E-state index contributed by atoms with van der Waals surface area (Å²) in [7, 11) is 1.36. The van der Waals surface area contributed by atoms with Gasteiger partial charge in [0.2, 0.25) is 5.88 Å². The second-order valence-electron chi connectivity index (χ2n) is 7.76. The molecule has 1 amide bonds. The number of carbonyl (C=O) groups excluding carboxylic acids is 2. The Kier molecular flexibility index (Phi) is 7.97. The Labute approximate surface area is 190 Å². The summed E-state index contributed by atoms with van der Waals surface area (Å²) in [5.74, 6) is -1.62. The van der Waals surface area contributed by atoms with Gasteiger partial charge in [-0.15, -0.1) is 0 Å². The smallest absolute Gasteiger partial charge is 0.305 e. The van der Waals surface area contributed by atoms with Crippen molar-refractivity contribution in [1.82, 2.24) is 14.9 Å². The number of hydrogen-bond donors (Lipinski definition) is 1. The monoisotopic (exact) mass is 459 g/mol. The number of pyridine rings is 1. The van der Waals surface area contributed by atoms with Crippen LogP contribution in [0.1, 0.15) is 52.9 Å². The highest BCUT2D eigenvalue weighted by Gasteiger charge is 2.20. The molecule has 0 aliphatic rings. The fourth-order valence-electron chi connectivity index (χ4n) is 3.52. The Morgan fingerprint density at radius 3 is 2.52 bits per heavy atom. The number of carbonyl (C=O) groups is 2. The molecule has 176 valence electrons. The van der Waals surface area contributed by atoms with Gasteiger partial charge in [0.1, 0.15) is 18.2 Å². The lowest BCUT2D eigenvalue weighted by Crippen LogP contribution is -2.25. The van der Waals surface area contributed by atoms with E-state index in [1.165, 1.54) is 29.8 Å². The Morgan fingerprint density at radius 2 is 1.82 bits per heavy atom. The average molecular weight is 459 g/mol. The number of hydrogen-bond acceptors (Lipinski definition) is 5. The molecule has 7 nitrogen and oxygen atoms in total. The van der Waals surface area contributed by atoms with Gasteiger partial charge in [-0.1, -0.05) is 12.5 Å². The molecule has 0 aliphatic carbocycles. The van der Waals surface area contributed by atoms with Gasteiger partial charge in [-0.2, -0.15) is 9.61 Å². The Bertz CT molecular complexity index is 1140. The molecule has 0 saturated carbocycles. The molecule has 2 aromatic heterocycles. The van der Waals surface area contributed by atoms with E-state index in [1.807, 2.05) is 13.0 Å². The first-order valence-corrected chi connectivity index (χ1v) is 10.7. The molecule has 33 heavy (non-hydrogen) atoms. The van der Waals surface area contributed by atoms with Crippen LogP contribution < -0.4 is 10.1 Å². The summed E-state index contributed by atoms with van der Waals surface area (Å²) >= 11 is 0. The lowest BCUT2D eigenvalue weighted by molar-refractivity contribution is -0.140. The first-order valence-electron chi connectivity index (χ1n) is 10.7. The Balaban J connectivity index is 1.71. The second kappa shape index (κ2) is 10.9. The summed E-state index contributed by atoms with van der Waals surface area (Å²) in [4.78, 5) is 24.0. The number of fused-ring (bicyclic) bond motifs is 1. The van der Waals surface area contributed by atoms with E-state index in [0.717, 1.165) is 18.4 Å². The van der Waals surface area contributed by atoms with Crippen LogP contribution in [0.15, 0.2) is 30.3 Å². The minimum absolute atomic E-state index is 0.179. The first-order chi connectivity index (χ1) is 15.8. The molecular weight excluding hydrogens is 432 g/mol. The van der Waals surface area contributed by atoms with E-state index >= 15 is 0 Å². The summed E-state index contributed by atoms with van der Waals surface area (Å²) in [6.45, 7) is 3.69. The number of amides is 1. The third-order valence-electron chi connectivity index (χ3n) is 5.24. The summed E-state index contributed by atoms with van der Waals surface area (Å²) < 4.78 is 39.7. The number of benzene rings is 1. The maximum absolute atomic E-state index is 14.0. The van der Waals surface area contributed by atoms with Crippen LogP contribution in [0.4, 0.5) is 8.78 Å². The van der Waals surface area contributed by atoms with Gasteiger partial charge in [0, 0.05) is 19.0 Å². The molecule has 0 atom stereocenters. The maximum Gasteiger partial charge on any atom is 0.305 e. The van der Waals surface area contributed by atoms with Crippen molar-refractivity contribution in [2.24, 2.45) is 0 Å². The molecule has 0 unspecified atom stereocenters. The largest absolute Gasteiger partial charge is 0.473 e. The van der Waals surface area contributed by atoms with Crippen molar-refractivity contribution in [1.29, 1.82) is 0 Å². The van der Waals surface area contributed by atoms with Gasteiger partial charge < -0.3 is 14.8 Å². The third-order valence-corrected chi connectivity index (χ3v) is 5.24. The zero-order chi connectivity index (χ0) is 24.0. The molecule has 1 N–H and O–H groups in total. The number of nitrogens with zero attached hydrogens (tertiary/aromatic N) is 2. The van der Waals surface area contributed by atoms with Crippen molar-refractivity contribution in [3.05, 3.63) is 64.4 Å². The fourth-order valence-corrected chi connectivity index (χ4v) is 3.52. The highest BCUT2D eigenvalue weighted by molar-refractivity contribution is 6.02. The van der Waals surface area contributed by atoms with Crippen LogP contribution in [0.5, 0.6) is 5.88 Å². The number of aryl methyl sites for hydroxylation is 2. The molecule has 0 radical (unpaired) electrons. The molecule has 0 spiro atoms. The summed E-state index contributed by atoms with van der Waals surface area (Å²) in [6.07, 6.45) is 2.56. The number of nitrogens with one attached hydrogen (secondary N) is 1. The molecule has 3 aromatic rings. The van der Waals surface area contributed by atoms with E-state index < -0.39 is 11.6 Å². The average Bonchev–Trinajstić information content (AvgIpc) is 3.11. The van der Waals surface area contributed by atoms with Gasteiger partial charge in [-0.05, 0) is 50.5 Å². The van der Waals surface area contributed by atoms with Crippen molar-refractivity contribution < 1.29 is 27.8 Å². The van der Waals surface area contributed by atoms with E-state index in [2.05, 4.69) is 15.2 Å². The standard InChI is InChI=1S/C24H27F2N3O4/c1-15-12-20-23(24(31)27-11-6-4-5-10-22(30)32-3)16(2)28-29(20)21(13-15)33-14-17-18(25)8-7-9-19(17)26/h7-9,12-13H,4-6,10-11,14H2,1-3H3,(H,27,31). The van der Waals surface area contributed by atoms with Crippen molar-refractivity contribution >= 4 is 17.4 Å². The van der Waals surface area contributed by atoms with E-state index in [0.29, 0.717) is 36.2 Å². The van der Waals surface area contributed by atoms with Gasteiger partial charge in [-0.25, -0.2) is 8.78 Å². The zero-order valence-electron chi connectivity index (χ0n) is 18.9. The van der Waals surface area contributed by atoms with Gasteiger partial charge in [0.25, 0.3) is 5.91 Å². The molecule has 0 fully saturated rings. The molecule has 0 aliphatic heterocycles. The lowest BCUT2D eigenvalue weighted by atomic mass is 10.1. The lowest BCUT2D eigenvalue weighted by Gasteiger charge is -2.11. The number of methoxy groups -OCH3 is 1. The Hall–Kier alpha value is -3.49. The minimum Gasteiger partial charge on any atom is -0.473 e. The third kappa shape index (κ3) is 5.85. The SMILES string of the molecule is COC(=O)CCCCCNC(=O)c1c(C)nn2c(OCc3c(F)cccc3F)cc(C)cc12. The van der Waals surface area contributed by atoms with Crippen LogP contribution in [0.25, 0.3) is 5.52 Å². The van der Waals surface area contributed by atoms with Crippen LogP contribution in [0, 0.1) is 25.5 Å². The van der Waals surface area contributed by atoms with Crippen molar-refractivity contribution in [3.63, 3.8) is 0 Å². The molecule has 0 saturated heterocycles. The number of halogens is 2. The van der Waals surface area contributed by atoms with Crippen LogP contribution >= 0.6 is 0 Å². The molecule has 1 aromatic carbocycles. The van der Waals surface area contributed by atoms with Crippen LogP contribution in [-0.2, 0) is 16.1 Å². The van der Waals surface area contributed by atoms with Crippen molar-refractivity contribution in [2.75, 3.05) is 13.7 Å². The quantitative estimate of drug-likeness (QED) is 0.362. The van der Waals surface area contributed by atoms with Crippen LogP contribution in [0.3, 0.4) is 0 Å². The van der Waals surface area contributed by atoms with Gasteiger partial charge in [-0.3, -0.25) is 9.59 Å². The number of rotatable bonds is 10. The number of aromatic nitrogens is 2. The number of esters is 1. The summed E-state index contributed by atoms with van der Waals surface area (Å²) in [6, 6.07) is 7.13.